The summed E-state index contributed by atoms with van der Waals surface area (Å²) in [7, 11) is 0. The Hall–Kier alpha value is -0.870. The summed E-state index contributed by atoms with van der Waals surface area (Å²) in [6, 6.07) is 8.46. The first-order valence-electron chi connectivity index (χ1n) is 6.39. The van der Waals surface area contributed by atoms with E-state index in [1.165, 1.54) is 5.56 Å². The van der Waals surface area contributed by atoms with Gasteiger partial charge < -0.3 is 10.6 Å². The van der Waals surface area contributed by atoms with Crippen LogP contribution in [-0.4, -0.2) is 23.9 Å². The van der Waals surface area contributed by atoms with E-state index in [1.807, 2.05) is 24.0 Å². The fourth-order valence-electron chi connectivity index (χ4n) is 2.45. The van der Waals surface area contributed by atoms with Crippen molar-refractivity contribution >= 4 is 21.8 Å². The second kappa shape index (κ2) is 5.85. The number of benzene rings is 1. The van der Waals surface area contributed by atoms with Crippen LogP contribution in [-0.2, 0) is 4.79 Å². The highest BCUT2D eigenvalue weighted by Gasteiger charge is 2.31. The number of hydrogen-bond acceptors (Lipinski definition) is 2. The molecule has 1 heterocycles. The van der Waals surface area contributed by atoms with Crippen LogP contribution in [0.2, 0.25) is 0 Å². The second-order valence-electron chi connectivity index (χ2n) is 4.88. The first kappa shape index (κ1) is 13.6. The normalized spacial score (nSPS) is 21.1. The maximum Gasteiger partial charge on any atom is 0.227 e. The quantitative estimate of drug-likeness (QED) is 0.933. The summed E-state index contributed by atoms with van der Waals surface area (Å²) >= 11 is 3.44. The maximum atomic E-state index is 12.3. The van der Waals surface area contributed by atoms with Gasteiger partial charge in [0.1, 0.15) is 0 Å². The highest BCUT2D eigenvalue weighted by Crippen LogP contribution is 2.33. The highest BCUT2D eigenvalue weighted by atomic mass is 79.9. The molecule has 1 fully saturated rings. The smallest absolute Gasteiger partial charge is 0.227 e. The third kappa shape index (κ3) is 2.75. The van der Waals surface area contributed by atoms with Crippen molar-refractivity contribution in [1.29, 1.82) is 0 Å². The molecular weight excluding hydrogens is 292 g/mol. The molecule has 2 rings (SSSR count). The van der Waals surface area contributed by atoms with Crippen LogP contribution in [0.4, 0.5) is 0 Å². The van der Waals surface area contributed by atoms with Crippen LogP contribution in [0, 0.1) is 5.92 Å². The monoisotopic (exact) mass is 310 g/mol. The molecule has 1 aromatic carbocycles. The largest absolute Gasteiger partial charge is 0.335 e. The van der Waals surface area contributed by atoms with Crippen LogP contribution in [0.1, 0.15) is 31.4 Å². The van der Waals surface area contributed by atoms with Crippen LogP contribution in [0.15, 0.2) is 28.7 Å². The van der Waals surface area contributed by atoms with Gasteiger partial charge in [0.25, 0.3) is 0 Å². The number of nitrogens with two attached hydrogens (primary N) is 1. The zero-order chi connectivity index (χ0) is 13.1. The molecule has 2 unspecified atom stereocenters. The predicted octanol–water partition coefficient (Wildman–Crippen LogP) is 2.71. The molecule has 1 aliphatic heterocycles. The van der Waals surface area contributed by atoms with Gasteiger partial charge in [-0.1, -0.05) is 35.0 Å². The molecule has 2 atom stereocenters. The molecule has 0 spiro atoms. The van der Waals surface area contributed by atoms with E-state index in [1.54, 1.807) is 0 Å². The summed E-state index contributed by atoms with van der Waals surface area (Å²) in [5, 5.41) is 0. The van der Waals surface area contributed by atoms with Crippen LogP contribution in [0.3, 0.4) is 0 Å². The Morgan fingerprint density at radius 2 is 2.17 bits per heavy atom. The Labute approximate surface area is 116 Å². The molecule has 1 saturated heterocycles. The van der Waals surface area contributed by atoms with Gasteiger partial charge in [0.15, 0.2) is 0 Å². The minimum absolute atomic E-state index is 0.0824. The Kier molecular flexibility index (Phi) is 4.40. The maximum absolute atomic E-state index is 12.3. The summed E-state index contributed by atoms with van der Waals surface area (Å²) in [5.74, 6) is 0.101. The summed E-state index contributed by atoms with van der Waals surface area (Å²) in [6.07, 6.45) is 2.12. The van der Waals surface area contributed by atoms with Crippen molar-refractivity contribution in [2.24, 2.45) is 11.7 Å². The minimum atomic E-state index is -0.0824. The predicted molar refractivity (Wildman–Crippen MR) is 76.0 cm³/mol. The van der Waals surface area contributed by atoms with E-state index in [4.69, 9.17) is 5.73 Å². The molecule has 98 valence electrons. The Balaban J connectivity index is 2.17. The standard InChI is InChI=1S/C14H19BrN2O/c1-10(9-16)14(18)17-8-2-3-13(17)11-4-6-12(15)7-5-11/h4-7,10,13H,2-3,8-9,16H2,1H3. The molecule has 0 aromatic heterocycles. The zero-order valence-electron chi connectivity index (χ0n) is 10.6. The summed E-state index contributed by atoms with van der Waals surface area (Å²) in [5.41, 5.74) is 6.81. The molecule has 2 N–H and O–H groups in total. The Morgan fingerprint density at radius 3 is 2.78 bits per heavy atom. The van der Waals surface area contributed by atoms with Crippen LogP contribution in [0.25, 0.3) is 0 Å². The molecule has 0 aliphatic carbocycles. The second-order valence-corrected chi connectivity index (χ2v) is 5.79. The summed E-state index contributed by atoms with van der Waals surface area (Å²) in [6.45, 7) is 3.17. The van der Waals surface area contributed by atoms with Gasteiger partial charge in [0.2, 0.25) is 5.91 Å². The molecule has 4 heteroatoms. The molecule has 1 amide bonds. The van der Waals surface area contributed by atoms with Crippen LogP contribution < -0.4 is 5.73 Å². The molecule has 1 aliphatic rings. The average Bonchev–Trinajstić information content (AvgIpc) is 2.87. The molecular formula is C14H19BrN2O. The Bertz CT molecular complexity index is 418. The van der Waals surface area contributed by atoms with Gasteiger partial charge in [-0.3, -0.25) is 4.79 Å². The van der Waals surface area contributed by atoms with Crippen molar-refractivity contribution in [2.45, 2.75) is 25.8 Å². The highest BCUT2D eigenvalue weighted by molar-refractivity contribution is 9.10. The lowest BCUT2D eigenvalue weighted by Gasteiger charge is -2.27. The van der Waals surface area contributed by atoms with Crippen molar-refractivity contribution in [3.8, 4) is 0 Å². The van der Waals surface area contributed by atoms with E-state index in [9.17, 15) is 4.79 Å². The number of hydrogen-bond donors (Lipinski definition) is 1. The van der Waals surface area contributed by atoms with Gasteiger partial charge in [-0.15, -0.1) is 0 Å². The lowest BCUT2D eigenvalue weighted by atomic mass is 10.0. The number of carbonyl (C=O) groups is 1. The number of halogens is 1. The molecule has 0 radical (unpaired) electrons. The molecule has 1 aromatic rings. The molecule has 0 bridgehead atoms. The average molecular weight is 311 g/mol. The third-order valence-corrected chi connectivity index (χ3v) is 4.09. The Morgan fingerprint density at radius 1 is 1.50 bits per heavy atom. The van der Waals surface area contributed by atoms with Crippen LogP contribution in [0.5, 0.6) is 0 Å². The van der Waals surface area contributed by atoms with Crippen molar-refractivity contribution in [2.75, 3.05) is 13.1 Å². The van der Waals surface area contributed by atoms with Gasteiger partial charge in [-0.05, 0) is 30.5 Å². The first-order chi connectivity index (χ1) is 8.63. The summed E-state index contributed by atoms with van der Waals surface area (Å²) in [4.78, 5) is 14.3. The van der Waals surface area contributed by atoms with Gasteiger partial charge in [-0.2, -0.15) is 0 Å². The van der Waals surface area contributed by atoms with E-state index in [-0.39, 0.29) is 17.9 Å². The fraction of sp³-hybridized carbons (Fsp3) is 0.500. The number of carbonyl (C=O) groups excluding carboxylic acids is 1. The van der Waals surface area contributed by atoms with Gasteiger partial charge in [0, 0.05) is 23.5 Å². The van der Waals surface area contributed by atoms with E-state index in [2.05, 4.69) is 28.1 Å². The minimum Gasteiger partial charge on any atom is -0.335 e. The zero-order valence-corrected chi connectivity index (χ0v) is 12.2. The number of amides is 1. The SMILES string of the molecule is CC(CN)C(=O)N1CCCC1c1ccc(Br)cc1. The first-order valence-corrected chi connectivity index (χ1v) is 7.18. The van der Waals surface area contributed by atoms with E-state index >= 15 is 0 Å². The lowest BCUT2D eigenvalue weighted by Crippen LogP contribution is -2.37. The fourth-order valence-corrected chi connectivity index (χ4v) is 2.71. The lowest BCUT2D eigenvalue weighted by molar-refractivity contribution is -0.135. The molecule has 18 heavy (non-hydrogen) atoms. The topological polar surface area (TPSA) is 46.3 Å². The van der Waals surface area contributed by atoms with Gasteiger partial charge in [-0.25, -0.2) is 0 Å². The van der Waals surface area contributed by atoms with Crippen molar-refractivity contribution in [3.63, 3.8) is 0 Å². The van der Waals surface area contributed by atoms with E-state index in [0.717, 1.165) is 23.9 Å². The number of rotatable bonds is 3. The van der Waals surface area contributed by atoms with E-state index in [0.29, 0.717) is 6.54 Å². The van der Waals surface area contributed by atoms with Crippen LogP contribution >= 0.6 is 15.9 Å². The van der Waals surface area contributed by atoms with E-state index < -0.39 is 0 Å². The number of nitrogens with zero attached hydrogens (tertiary/aromatic N) is 1. The van der Waals surface area contributed by atoms with Crippen molar-refractivity contribution in [1.82, 2.24) is 4.90 Å². The van der Waals surface area contributed by atoms with Crippen molar-refractivity contribution < 1.29 is 4.79 Å². The van der Waals surface area contributed by atoms with Crippen molar-refractivity contribution in [3.05, 3.63) is 34.3 Å². The summed E-state index contributed by atoms with van der Waals surface area (Å²) < 4.78 is 1.07. The molecule has 0 saturated carbocycles. The number of likely N-dealkylation sites (tertiary alicyclic amines) is 1. The molecule has 3 nitrogen and oxygen atoms in total. The van der Waals surface area contributed by atoms with Gasteiger partial charge >= 0.3 is 0 Å². The van der Waals surface area contributed by atoms with Gasteiger partial charge in [0.05, 0.1) is 6.04 Å². The third-order valence-electron chi connectivity index (χ3n) is 3.57.